The topological polar surface area (TPSA) is 98.7 Å². The highest BCUT2D eigenvalue weighted by molar-refractivity contribution is 9.09. The molecule has 0 fully saturated rings. The minimum Gasteiger partial charge on any atom is -0.370 e. The molecule has 2 aromatic carbocycles. The third kappa shape index (κ3) is 9.50. The van der Waals surface area contributed by atoms with Gasteiger partial charge in [-0.2, -0.15) is 0 Å². The molecule has 3 rings (SSSR count). The molecule has 0 aliphatic rings. The lowest BCUT2D eigenvalue weighted by Gasteiger charge is -2.23. The zero-order valence-electron chi connectivity index (χ0n) is 23.0. The Morgan fingerprint density at radius 1 is 0.800 bits per heavy atom. The molecule has 3 aromatic rings. The quantitative estimate of drug-likeness (QED) is 0.199. The van der Waals surface area contributed by atoms with Crippen molar-refractivity contribution in [1.29, 1.82) is 0 Å². The highest BCUT2D eigenvalue weighted by Crippen LogP contribution is 2.21. The summed E-state index contributed by atoms with van der Waals surface area (Å²) < 4.78 is 1.66. The second-order valence-corrected chi connectivity index (χ2v) is 11.2. The van der Waals surface area contributed by atoms with E-state index in [1.54, 1.807) is 48.1 Å². The Balaban J connectivity index is 1.60. The Labute approximate surface area is 252 Å². The molecule has 0 radical (unpaired) electrons. The maximum absolute atomic E-state index is 13.0. The van der Waals surface area contributed by atoms with Gasteiger partial charge in [-0.3, -0.25) is 14.4 Å². The van der Waals surface area contributed by atoms with Crippen LogP contribution in [0.3, 0.4) is 0 Å². The van der Waals surface area contributed by atoms with Crippen molar-refractivity contribution in [2.45, 2.75) is 12.8 Å². The molecule has 1 aromatic heterocycles. The number of halogens is 2. The number of alkyl halides is 2. The predicted octanol–water partition coefficient (Wildman–Crippen LogP) is 5.41. The number of aromatic nitrogens is 1. The van der Waals surface area contributed by atoms with Gasteiger partial charge in [-0.1, -0.05) is 37.9 Å². The predicted molar refractivity (Wildman–Crippen MR) is 170 cm³/mol. The Bertz CT molecular complexity index is 1290. The fraction of sp³-hybridized carbons (Fsp3) is 0.345. The molecule has 0 aliphatic carbocycles. The zero-order chi connectivity index (χ0) is 29.1. The van der Waals surface area contributed by atoms with E-state index in [0.29, 0.717) is 34.7 Å². The molecule has 9 nitrogen and oxygen atoms in total. The maximum Gasteiger partial charge on any atom is 0.272 e. The first kappa shape index (κ1) is 31.4. The zero-order valence-corrected chi connectivity index (χ0v) is 26.2. The molecule has 0 saturated heterocycles. The van der Waals surface area contributed by atoms with E-state index >= 15 is 0 Å². The van der Waals surface area contributed by atoms with Gasteiger partial charge in [0.15, 0.2) is 0 Å². The van der Waals surface area contributed by atoms with Crippen LogP contribution in [0.15, 0.2) is 60.8 Å². The van der Waals surface area contributed by atoms with Crippen molar-refractivity contribution in [3.8, 4) is 0 Å². The van der Waals surface area contributed by atoms with Gasteiger partial charge in [0, 0.05) is 66.0 Å². The molecule has 0 aliphatic heterocycles. The largest absolute Gasteiger partial charge is 0.370 e. The number of aryl methyl sites for hydroxylation is 1. The lowest BCUT2D eigenvalue weighted by molar-refractivity contribution is -0.116. The van der Waals surface area contributed by atoms with Crippen LogP contribution in [0.25, 0.3) is 0 Å². The minimum absolute atomic E-state index is 0.0945. The summed E-state index contributed by atoms with van der Waals surface area (Å²) in [6, 6.07) is 16.1. The van der Waals surface area contributed by atoms with Crippen molar-refractivity contribution in [3.63, 3.8) is 0 Å². The first-order chi connectivity index (χ1) is 19.2. The number of anilines is 4. The number of benzene rings is 2. The first-order valence-electron chi connectivity index (χ1n) is 13.0. The van der Waals surface area contributed by atoms with Gasteiger partial charge in [0.05, 0.1) is 5.69 Å². The van der Waals surface area contributed by atoms with Gasteiger partial charge in [0.1, 0.15) is 5.69 Å². The number of carbonyl (C=O) groups excluding carboxylic acids is 3. The number of carbonyl (C=O) groups is 3. The number of nitrogens with zero attached hydrogens (tertiary/aromatic N) is 3. The van der Waals surface area contributed by atoms with E-state index < -0.39 is 0 Å². The highest BCUT2D eigenvalue weighted by Gasteiger charge is 2.15. The normalized spacial score (nSPS) is 10.8. The first-order valence-corrected chi connectivity index (χ1v) is 15.2. The van der Waals surface area contributed by atoms with Crippen LogP contribution >= 0.6 is 31.9 Å². The van der Waals surface area contributed by atoms with E-state index in [9.17, 15) is 14.4 Å². The van der Waals surface area contributed by atoms with E-state index in [4.69, 9.17) is 0 Å². The van der Waals surface area contributed by atoms with Crippen molar-refractivity contribution in [2.24, 2.45) is 7.05 Å². The van der Waals surface area contributed by atoms with Crippen molar-refractivity contribution >= 4 is 72.3 Å². The summed E-state index contributed by atoms with van der Waals surface area (Å²) in [6.07, 6.45) is 2.84. The molecule has 3 N–H and O–H groups in total. The molecular weight excluding hydrogens is 640 g/mol. The van der Waals surface area contributed by atoms with Crippen LogP contribution in [-0.4, -0.2) is 71.6 Å². The Morgan fingerprint density at radius 2 is 1.48 bits per heavy atom. The van der Waals surface area contributed by atoms with Crippen molar-refractivity contribution in [3.05, 3.63) is 72.1 Å². The molecule has 0 unspecified atom stereocenters. The van der Waals surface area contributed by atoms with Gasteiger partial charge in [-0.25, -0.2) is 0 Å². The monoisotopic (exact) mass is 674 g/mol. The van der Waals surface area contributed by atoms with Gasteiger partial charge in [0.2, 0.25) is 5.91 Å². The molecule has 214 valence electrons. The minimum atomic E-state index is -0.339. The average Bonchev–Trinajstić information content (AvgIpc) is 3.28. The SMILES string of the molecule is CN(C)CCCC(=O)Nc1cccc(C(=O)Nc2cc(C(=O)Nc3ccc(N(CCBr)CCBr)cc3)n(C)c2)c1. The smallest absolute Gasteiger partial charge is 0.272 e. The van der Waals surface area contributed by atoms with Crippen LogP contribution < -0.4 is 20.9 Å². The van der Waals surface area contributed by atoms with Crippen LogP contribution in [0.1, 0.15) is 33.7 Å². The average molecular weight is 676 g/mol. The van der Waals surface area contributed by atoms with Gasteiger partial charge >= 0.3 is 0 Å². The maximum atomic E-state index is 13.0. The summed E-state index contributed by atoms with van der Waals surface area (Å²) in [7, 11) is 5.68. The standard InChI is InChI=1S/C29H36Br2N6O3/c1-35(2)15-5-8-27(38)32-23-7-4-6-21(18-23)28(39)34-24-19-26(36(3)20-24)29(40)33-22-9-11-25(12-10-22)37(16-13-30)17-14-31/h4,6-7,9-12,18-20H,5,8,13-17H2,1-3H3,(H,32,38)(H,33,40)(H,34,39). The number of rotatable bonds is 14. The summed E-state index contributed by atoms with van der Waals surface area (Å²) in [5.41, 5.74) is 3.61. The van der Waals surface area contributed by atoms with Crippen LogP contribution in [0, 0.1) is 0 Å². The molecule has 1 heterocycles. The second-order valence-electron chi connectivity index (χ2n) is 9.58. The second kappa shape index (κ2) is 15.6. The van der Waals surface area contributed by atoms with Crippen LogP contribution in [0.4, 0.5) is 22.7 Å². The number of nitrogens with one attached hydrogen (secondary N) is 3. The molecule has 0 bridgehead atoms. The summed E-state index contributed by atoms with van der Waals surface area (Å²) in [5.74, 6) is -0.719. The lowest BCUT2D eigenvalue weighted by atomic mass is 10.1. The fourth-order valence-corrected chi connectivity index (χ4v) is 4.96. The van der Waals surface area contributed by atoms with Gasteiger partial charge in [0.25, 0.3) is 11.8 Å². The molecular formula is C29H36Br2N6O3. The molecule has 0 saturated carbocycles. The number of hydrogen-bond acceptors (Lipinski definition) is 5. The van der Waals surface area contributed by atoms with E-state index in [2.05, 4.69) is 52.7 Å². The van der Waals surface area contributed by atoms with Gasteiger partial charge in [-0.15, -0.1) is 0 Å². The van der Waals surface area contributed by atoms with E-state index in [1.807, 2.05) is 43.3 Å². The van der Waals surface area contributed by atoms with Crippen molar-refractivity contribution in [2.75, 3.05) is 65.2 Å². The van der Waals surface area contributed by atoms with Gasteiger partial charge in [-0.05, 0) is 75.6 Å². The Morgan fingerprint density at radius 3 is 2.12 bits per heavy atom. The third-order valence-electron chi connectivity index (χ3n) is 6.11. The fourth-order valence-electron chi connectivity index (χ4n) is 4.10. The molecule has 0 spiro atoms. The Kier molecular flexibility index (Phi) is 12.2. The van der Waals surface area contributed by atoms with Crippen molar-refractivity contribution < 1.29 is 14.4 Å². The molecule has 40 heavy (non-hydrogen) atoms. The summed E-state index contributed by atoms with van der Waals surface area (Å²) in [6.45, 7) is 2.59. The van der Waals surface area contributed by atoms with E-state index in [0.717, 1.165) is 42.4 Å². The van der Waals surface area contributed by atoms with E-state index in [-0.39, 0.29) is 17.7 Å². The third-order valence-corrected chi connectivity index (χ3v) is 6.82. The molecule has 0 atom stereocenters. The summed E-state index contributed by atoms with van der Waals surface area (Å²) in [5, 5.41) is 10.3. The number of hydrogen-bond donors (Lipinski definition) is 3. The van der Waals surface area contributed by atoms with E-state index in [1.165, 1.54) is 0 Å². The van der Waals surface area contributed by atoms with Crippen LogP contribution in [-0.2, 0) is 11.8 Å². The van der Waals surface area contributed by atoms with Gasteiger partial charge < -0.3 is 30.3 Å². The Hall–Kier alpha value is -3.15. The summed E-state index contributed by atoms with van der Waals surface area (Å²) >= 11 is 6.98. The van der Waals surface area contributed by atoms with Crippen LogP contribution in [0.2, 0.25) is 0 Å². The molecule has 3 amide bonds. The molecule has 11 heteroatoms. The lowest BCUT2D eigenvalue weighted by Crippen LogP contribution is -2.27. The van der Waals surface area contributed by atoms with Crippen molar-refractivity contribution in [1.82, 2.24) is 9.47 Å². The summed E-state index contributed by atoms with van der Waals surface area (Å²) in [4.78, 5) is 42.4. The highest BCUT2D eigenvalue weighted by atomic mass is 79.9. The van der Waals surface area contributed by atoms with Crippen LogP contribution in [0.5, 0.6) is 0 Å². The number of amides is 3.